The minimum Gasteiger partial charge on any atom is -0.360 e. The molecule has 0 spiro atoms. The van der Waals surface area contributed by atoms with Gasteiger partial charge in [0.2, 0.25) is 11.8 Å². The van der Waals surface area contributed by atoms with E-state index in [1.807, 2.05) is 11.8 Å². The fraction of sp³-hybridized carbons (Fsp3) is 0.625. The van der Waals surface area contributed by atoms with Crippen molar-refractivity contribution in [3.8, 4) is 0 Å². The van der Waals surface area contributed by atoms with Crippen molar-refractivity contribution in [3.63, 3.8) is 0 Å². The van der Waals surface area contributed by atoms with E-state index >= 15 is 0 Å². The number of hydrogen-bond donors (Lipinski definition) is 3. The summed E-state index contributed by atoms with van der Waals surface area (Å²) in [4.78, 5) is 39.3. The maximum atomic E-state index is 12.5. The predicted octanol–water partition coefficient (Wildman–Crippen LogP) is -0.0973. The standard InChI is InChI=1S/C16H26N6O4/c1-3-4-12(18-16(17)25)15(24)22-7-5-21(6-8-22)10-14(23)19-13-9-11(2)26-20-13/h9,12H,3-8,10H2,1-2H3,(H3,17,18,25)(H,19,20,23). The fourth-order valence-electron chi connectivity index (χ4n) is 2.88. The first-order valence-corrected chi connectivity index (χ1v) is 8.69. The normalized spacial score (nSPS) is 16.2. The number of piperazine rings is 1. The number of carbonyl (C=O) groups is 3. The number of primary amides is 1. The molecule has 10 heteroatoms. The molecule has 1 fully saturated rings. The molecule has 0 saturated carbocycles. The highest BCUT2D eigenvalue weighted by Crippen LogP contribution is 2.09. The van der Waals surface area contributed by atoms with Gasteiger partial charge in [-0.15, -0.1) is 0 Å². The summed E-state index contributed by atoms with van der Waals surface area (Å²) in [6, 6.07) is 0.353. The summed E-state index contributed by atoms with van der Waals surface area (Å²) in [5.41, 5.74) is 5.15. The van der Waals surface area contributed by atoms with Crippen molar-refractivity contribution in [3.05, 3.63) is 11.8 Å². The second-order valence-electron chi connectivity index (χ2n) is 6.32. The molecule has 1 aliphatic heterocycles. The van der Waals surface area contributed by atoms with Crippen LogP contribution >= 0.6 is 0 Å². The summed E-state index contributed by atoms with van der Waals surface area (Å²) in [6.45, 7) is 6.05. The quantitative estimate of drug-likeness (QED) is 0.617. The van der Waals surface area contributed by atoms with Crippen LogP contribution in [0.5, 0.6) is 0 Å². The molecule has 1 aromatic heterocycles. The lowest BCUT2D eigenvalue weighted by Gasteiger charge is -2.36. The number of carbonyl (C=O) groups excluding carboxylic acids is 3. The molecule has 0 aliphatic carbocycles. The Morgan fingerprint density at radius 2 is 2.00 bits per heavy atom. The molecule has 1 saturated heterocycles. The first-order valence-electron chi connectivity index (χ1n) is 8.69. The maximum Gasteiger partial charge on any atom is 0.312 e. The first kappa shape index (κ1) is 19.7. The van der Waals surface area contributed by atoms with Gasteiger partial charge in [0.15, 0.2) is 5.82 Å². The Hall–Kier alpha value is -2.62. The molecule has 1 aromatic rings. The molecule has 4 N–H and O–H groups in total. The average Bonchev–Trinajstić information content (AvgIpc) is 2.99. The van der Waals surface area contributed by atoms with Crippen LogP contribution in [0.4, 0.5) is 10.6 Å². The van der Waals surface area contributed by atoms with Crippen LogP contribution in [0.15, 0.2) is 10.6 Å². The molecule has 26 heavy (non-hydrogen) atoms. The first-order chi connectivity index (χ1) is 12.4. The Balaban J connectivity index is 1.79. The smallest absolute Gasteiger partial charge is 0.312 e. The number of hydrogen-bond acceptors (Lipinski definition) is 6. The van der Waals surface area contributed by atoms with Crippen LogP contribution in [0, 0.1) is 6.92 Å². The largest absolute Gasteiger partial charge is 0.360 e. The van der Waals surface area contributed by atoms with Gasteiger partial charge >= 0.3 is 6.03 Å². The third kappa shape index (κ3) is 5.73. The second-order valence-corrected chi connectivity index (χ2v) is 6.32. The van der Waals surface area contributed by atoms with E-state index in [0.29, 0.717) is 44.2 Å². The van der Waals surface area contributed by atoms with Gasteiger partial charge in [0.1, 0.15) is 11.8 Å². The number of amides is 4. The monoisotopic (exact) mass is 366 g/mol. The summed E-state index contributed by atoms with van der Waals surface area (Å²) in [6.07, 6.45) is 1.31. The van der Waals surface area contributed by atoms with Gasteiger partial charge in [0.05, 0.1) is 6.54 Å². The highest BCUT2D eigenvalue weighted by atomic mass is 16.5. The number of aryl methyl sites for hydroxylation is 1. The summed E-state index contributed by atoms with van der Waals surface area (Å²) >= 11 is 0. The summed E-state index contributed by atoms with van der Waals surface area (Å²) in [5, 5.41) is 8.90. The number of anilines is 1. The third-order valence-corrected chi connectivity index (χ3v) is 4.14. The van der Waals surface area contributed by atoms with Gasteiger partial charge in [0, 0.05) is 32.2 Å². The minimum atomic E-state index is -0.699. The van der Waals surface area contributed by atoms with Crippen molar-refractivity contribution in [1.82, 2.24) is 20.3 Å². The zero-order chi connectivity index (χ0) is 19.1. The molecule has 0 bridgehead atoms. The average molecular weight is 366 g/mol. The van der Waals surface area contributed by atoms with Crippen LogP contribution in [0.25, 0.3) is 0 Å². The number of rotatable bonds is 7. The number of nitrogens with zero attached hydrogens (tertiary/aromatic N) is 3. The van der Waals surface area contributed by atoms with Crippen molar-refractivity contribution in [2.24, 2.45) is 5.73 Å². The third-order valence-electron chi connectivity index (χ3n) is 4.14. The van der Waals surface area contributed by atoms with Crippen LogP contribution in [-0.2, 0) is 9.59 Å². The van der Waals surface area contributed by atoms with Crippen LogP contribution in [0.1, 0.15) is 25.5 Å². The van der Waals surface area contributed by atoms with E-state index in [9.17, 15) is 14.4 Å². The van der Waals surface area contributed by atoms with E-state index in [1.165, 1.54) is 0 Å². The molecule has 2 rings (SSSR count). The topological polar surface area (TPSA) is 134 Å². The summed E-state index contributed by atoms with van der Waals surface area (Å²) in [7, 11) is 0. The summed E-state index contributed by atoms with van der Waals surface area (Å²) < 4.78 is 4.90. The number of nitrogens with one attached hydrogen (secondary N) is 2. The number of nitrogens with two attached hydrogens (primary N) is 1. The van der Waals surface area contributed by atoms with E-state index < -0.39 is 12.1 Å². The molecule has 1 unspecified atom stereocenters. The van der Waals surface area contributed by atoms with Crippen LogP contribution in [0.2, 0.25) is 0 Å². The second kappa shape index (κ2) is 9.18. The van der Waals surface area contributed by atoms with Crippen LogP contribution in [0.3, 0.4) is 0 Å². The van der Waals surface area contributed by atoms with E-state index in [-0.39, 0.29) is 18.4 Å². The van der Waals surface area contributed by atoms with Crippen molar-refractivity contribution in [2.75, 3.05) is 38.0 Å². The van der Waals surface area contributed by atoms with Crippen LogP contribution in [-0.4, -0.2) is 71.6 Å². The fourth-order valence-corrected chi connectivity index (χ4v) is 2.88. The lowest BCUT2D eigenvalue weighted by atomic mass is 10.1. The Bertz CT molecular complexity index is 638. The van der Waals surface area contributed by atoms with Gasteiger partial charge in [-0.2, -0.15) is 0 Å². The van der Waals surface area contributed by atoms with Gasteiger partial charge in [-0.05, 0) is 13.3 Å². The molecule has 1 aliphatic rings. The highest BCUT2D eigenvalue weighted by molar-refractivity contribution is 5.91. The Labute approximate surface area is 152 Å². The summed E-state index contributed by atoms with van der Waals surface area (Å²) in [5.74, 6) is 0.699. The van der Waals surface area contributed by atoms with Crippen molar-refractivity contribution in [2.45, 2.75) is 32.7 Å². The van der Waals surface area contributed by atoms with E-state index in [0.717, 1.165) is 6.42 Å². The molecule has 0 aromatic carbocycles. The predicted molar refractivity (Wildman–Crippen MR) is 94.3 cm³/mol. The molecule has 1 atom stereocenters. The number of aromatic nitrogens is 1. The maximum absolute atomic E-state index is 12.5. The zero-order valence-electron chi connectivity index (χ0n) is 15.2. The Kier molecular flexibility index (Phi) is 6.96. The lowest BCUT2D eigenvalue weighted by Crippen LogP contribution is -2.56. The van der Waals surface area contributed by atoms with E-state index in [2.05, 4.69) is 15.8 Å². The van der Waals surface area contributed by atoms with E-state index in [1.54, 1.807) is 17.9 Å². The molecular weight excluding hydrogens is 340 g/mol. The zero-order valence-corrected chi connectivity index (χ0v) is 15.2. The lowest BCUT2D eigenvalue weighted by molar-refractivity contribution is -0.135. The van der Waals surface area contributed by atoms with Gasteiger partial charge in [-0.25, -0.2) is 4.79 Å². The molecule has 10 nitrogen and oxygen atoms in total. The van der Waals surface area contributed by atoms with Gasteiger partial charge in [0.25, 0.3) is 0 Å². The van der Waals surface area contributed by atoms with Crippen LogP contribution < -0.4 is 16.4 Å². The van der Waals surface area contributed by atoms with Gasteiger partial charge in [-0.1, -0.05) is 18.5 Å². The molecule has 2 heterocycles. The van der Waals surface area contributed by atoms with Crippen molar-refractivity contribution < 1.29 is 18.9 Å². The molecule has 0 radical (unpaired) electrons. The Morgan fingerprint density at radius 1 is 1.31 bits per heavy atom. The number of urea groups is 1. The van der Waals surface area contributed by atoms with Gasteiger partial charge in [-0.3, -0.25) is 14.5 Å². The van der Waals surface area contributed by atoms with Crippen molar-refractivity contribution >= 4 is 23.7 Å². The van der Waals surface area contributed by atoms with E-state index in [4.69, 9.17) is 10.3 Å². The molecular formula is C16H26N6O4. The molecule has 144 valence electrons. The SMILES string of the molecule is CCCC(NC(N)=O)C(=O)N1CCN(CC(=O)Nc2cc(C)on2)CC1. The minimum absolute atomic E-state index is 0.132. The van der Waals surface area contributed by atoms with Gasteiger partial charge < -0.3 is 25.8 Å². The molecule has 4 amide bonds. The van der Waals surface area contributed by atoms with Crippen molar-refractivity contribution in [1.29, 1.82) is 0 Å². The Morgan fingerprint density at radius 3 is 2.54 bits per heavy atom. The highest BCUT2D eigenvalue weighted by Gasteiger charge is 2.28.